The number of rotatable bonds is 4. The van der Waals surface area contributed by atoms with Crippen molar-refractivity contribution in [3.63, 3.8) is 0 Å². The summed E-state index contributed by atoms with van der Waals surface area (Å²) in [5, 5.41) is 4.98. The minimum atomic E-state index is 0.609. The molecule has 1 aromatic heterocycles. The number of hydrogen-bond donors (Lipinski definition) is 2. The van der Waals surface area contributed by atoms with E-state index in [0.29, 0.717) is 6.54 Å². The van der Waals surface area contributed by atoms with Crippen molar-refractivity contribution in [2.45, 2.75) is 38.4 Å². The zero-order valence-corrected chi connectivity index (χ0v) is 10.9. The van der Waals surface area contributed by atoms with Gasteiger partial charge in [0.1, 0.15) is 0 Å². The summed E-state index contributed by atoms with van der Waals surface area (Å²) in [6.45, 7) is 1.57. The smallest absolute Gasteiger partial charge is 0.0484 e. The van der Waals surface area contributed by atoms with Crippen LogP contribution in [0.25, 0.3) is 10.9 Å². The first kappa shape index (κ1) is 11.8. The molecule has 0 amide bonds. The molecule has 1 heterocycles. The van der Waals surface area contributed by atoms with E-state index in [2.05, 4.69) is 41.3 Å². The van der Waals surface area contributed by atoms with E-state index < -0.39 is 0 Å². The highest BCUT2D eigenvalue weighted by Crippen LogP contribution is 2.25. The summed E-state index contributed by atoms with van der Waals surface area (Å²) in [7, 11) is 2.11. The Labute approximate surface area is 108 Å². The van der Waals surface area contributed by atoms with Gasteiger partial charge in [-0.3, -0.25) is 0 Å². The van der Waals surface area contributed by atoms with E-state index in [1.807, 2.05) is 0 Å². The molecule has 2 aromatic rings. The predicted molar refractivity (Wildman–Crippen MR) is 75.3 cm³/mol. The highest BCUT2D eigenvalue weighted by molar-refractivity contribution is 5.87. The van der Waals surface area contributed by atoms with Crippen molar-refractivity contribution in [1.29, 1.82) is 0 Å². The van der Waals surface area contributed by atoms with Gasteiger partial charge in [-0.1, -0.05) is 18.6 Å². The standard InChI is InChI=1S/C15H21N3/c1-18-10-12(9-17-13-5-3-6-13)15-11(8-16)4-2-7-14(15)18/h2,4,7,10,13,17H,3,5-6,8-9,16H2,1H3. The van der Waals surface area contributed by atoms with Crippen molar-refractivity contribution in [2.24, 2.45) is 12.8 Å². The number of benzene rings is 1. The molecule has 0 radical (unpaired) electrons. The topological polar surface area (TPSA) is 43.0 Å². The third-order valence-corrected chi connectivity index (χ3v) is 4.09. The fourth-order valence-electron chi connectivity index (χ4n) is 2.79. The molecular formula is C15H21N3. The number of aromatic nitrogens is 1. The first-order valence-electron chi connectivity index (χ1n) is 6.79. The molecule has 18 heavy (non-hydrogen) atoms. The Hall–Kier alpha value is -1.32. The van der Waals surface area contributed by atoms with Gasteiger partial charge >= 0.3 is 0 Å². The van der Waals surface area contributed by atoms with Gasteiger partial charge in [-0.05, 0) is 30.0 Å². The molecule has 0 aliphatic heterocycles. The third kappa shape index (κ3) is 1.93. The van der Waals surface area contributed by atoms with Crippen LogP contribution >= 0.6 is 0 Å². The van der Waals surface area contributed by atoms with E-state index in [1.165, 1.54) is 41.3 Å². The van der Waals surface area contributed by atoms with E-state index in [9.17, 15) is 0 Å². The van der Waals surface area contributed by atoms with Gasteiger partial charge in [0.15, 0.2) is 0 Å². The van der Waals surface area contributed by atoms with Crippen LogP contribution in [-0.2, 0) is 20.1 Å². The molecule has 3 nitrogen and oxygen atoms in total. The largest absolute Gasteiger partial charge is 0.350 e. The fraction of sp³-hybridized carbons (Fsp3) is 0.467. The summed E-state index contributed by atoms with van der Waals surface area (Å²) >= 11 is 0. The van der Waals surface area contributed by atoms with Crippen molar-refractivity contribution >= 4 is 10.9 Å². The lowest BCUT2D eigenvalue weighted by Gasteiger charge is -2.26. The van der Waals surface area contributed by atoms with Gasteiger partial charge in [-0.2, -0.15) is 0 Å². The second-order valence-electron chi connectivity index (χ2n) is 5.29. The molecule has 0 unspecified atom stereocenters. The van der Waals surface area contributed by atoms with E-state index in [0.717, 1.165) is 12.6 Å². The average Bonchev–Trinajstić information content (AvgIpc) is 2.65. The maximum absolute atomic E-state index is 5.86. The second-order valence-corrected chi connectivity index (χ2v) is 5.29. The van der Waals surface area contributed by atoms with Crippen molar-refractivity contribution < 1.29 is 0 Å². The van der Waals surface area contributed by atoms with Gasteiger partial charge in [0.2, 0.25) is 0 Å². The van der Waals surface area contributed by atoms with Crippen LogP contribution in [-0.4, -0.2) is 10.6 Å². The van der Waals surface area contributed by atoms with Crippen LogP contribution in [0, 0.1) is 0 Å². The Morgan fingerprint density at radius 2 is 2.17 bits per heavy atom. The Morgan fingerprint density at radius 1 is 1.33 bits per heavy atom. The zero-order valence-electron chi connectivity index (χ0n) is 10.9. The molecule has 0 bridgehead atoms. The lowest BCUT2D eigenvalue weighted by Crippen LogP contribution is -2.34. The molecule has 0 saturated heterocycles. The molecule has 1 saturated carbocycles. The Kier molecular flexibility index (Phi) is 3.10. The minimum absolute atomic E-state index is 0.609. The highest BCUT2D eigenvalue weighted by atomic mass is 15.0. The van der Waals surface area contributed by atoms with Crippen molar-refractivity contribution in [2.75, 3.05) is 0 Å². The van der Waals surface area contributed by atoms with Crippen LogP contribution in [0.4, 0.5) is 0 Å². The zero-order chi connectivity index (χ0) is 12.5. The first-order valence-corrected chi connectivity index (χ1v) is 6.79. The number of nitrogens with two attached hydrogens (primary N) is 1. The van der Waals surface area contributed by atoms with Crippen LogP contribution in [0.15, 0.2) is 24.4 Å². The van der Waals surface area contributed by atoms with Crippen molar-refractivity contribution in [3.8, 4) is 0 Å². The summed E-state index contributed by atoms with van der Waals surface area (Å²) < 4.78 is 2.20. The van der Waals surface area contributed by atoms with Crippen molar-refractivity contribution in [1.82, 2.24) is 9.88 Å². The molecule has 0 atom stereocenters. The van der Waals surface area contributed by atoms with E-state index in [-0.39, 0.29) is 0 Å². The van der Waals surface area contributed by atoms with Crippen LogP contribution in [0.3, 0.4) is 0 Å². The lowest BCUT2D eigenvalue weighted by atomic mass is 9.93. The predicted octanol–water partition coefficient (Wildman–Crippen LogP) is 2.28. The molecule has 1 aromatic carbocycles. The van der Waals surface area contributed by atoms with Gasteiger partial charge in [0.05, 0.1) is 0 Å². The van der Waals surface area contributed by atoms with Crippen molar-refractivity contribution in [3.05, 3.63) is 35.5 Å². The van der Waals surface area contributed by atoms with Gasteiger partial charge < -0.3 is 15.6 Å². The van der Waals surface area contributed by atoms with Crippen LogP contribution < -0.4 is 11.1 Å². The van der Waals surface area contributed by atoms with Gasteiger partial charge in [-0.25, -0.2) is 0 Å². The Balaban J connectivity index is 1.94. The molecule has 1 fully saturated rings. The SMILES string of the molecule is Cn1cc(CNC2CCC2)c2c(CN)cccc21. The van der Waals surface area contributed by atoms with E-state index >= 15 is 0 Å². The summed E-state index contributed by atoms with van der Waals surface area (Å²) in [6, 6.07) is 7.12. The first-order chi connectivity index (χ1) is 8.79. The molecule has 1 aliphatic rings. The summed E-state index contributed by atoms with van der Waals surface area (Å²) in [6.07, 6.45) is 6.26. The monoisotopic (exact) mass is 243 g/mol. The van der Waals surface area contributed by atoms with Gasteiger partial charge in [-0.15, -0.1) is 0 Å². The third-order valence-electron chi connectivity index (χ3n) is 4.09. The van der Waals surface area contributed by atoms with Gasteiger partial charge in [0.25, 0.3) is 0 Å². The van der Waals surface area contributed by atoms with E-state index in [4.69, 9.17) is 5.73 Å². The molecule has 3 rings (SSSR count). The number of nitrogens with one attached hydrogen (secondary N) is 1. The van der Waals surface area contributed by atoms with Gasteiger partial charge in [0, 0.05) is 43.3 Å². The summed E-state index contributed by atoms with van der Waals surface area (Å²) in [4.78, 5) is 0. The van der Waals surface area contributed by atoms with E-state index in [1.54, 1.807) is 0 Å². The Morgan fingerprint density at radius 3 is 2.83 bits per heavy atom. The molecule has 0 spiro atoms. The number of aryl methyl sites for hydroxylation is 1. The molecular weight excluding hydrogens is 222 g/mol. The number of hydrogen-bond acceptors (Lipinski definition) is 2. The van der Waals surface area contributed by atoms with Crippen LogP contribution in [0.2, 0.25) is 0 Å². The fourth-order valence-corrected chi connectivity index (χ4v) is 2.79. The Bertz CT molecular complexity index is 552. The molecule has 96 valence electrons. The minimum Gasteiger partial charge on any atom is -0.350 e. The van der Waals surface area contributed by atoms with Crippen LogP contribution in [0.1, 0.15) is 30.4 Å². The van der Waals surface area contributed by atoms with Crippen LogP contribution in [0.5, 0.6) is 0 Å². The molecule has 3 heteroatoms. The second kappa shape index (κ2) is 4.75. The summed E-state index contributed by atoms with van der Waals surface area (Å²) in [5.41, 5.74) is 9.76. The highest BCUT2D eigenvalue weighted by Gasteiger charge is 2.17. The molecule has 1 aliphatic carbocycles. The quantitative estimate of drug-likeness (QED) is 0.865. The maximum Gasteiger partial charge on any atom is 0.0484 e. The average molecular weight is 243 g/mol. The summed E-state index contributed by atoms with van der Waals surface area (Å²) in [5.74, 6) is 0. The maximum atomic E-state index is 5.86. The molecule has 3 N–H and O–H groups in total. The normalized spacial score (nSPS) is 16.1. The lowest BCUT2D eigenvalue weighted by molar-refractivity contribution is 0.338. The number of fused-ring (bicyclic) bond motifs is 1. The number of nitrogens with zero attached hydrogens (tertiary/aromatic N) is 1.